The van der Waals surface area contributed by atoms with Gasteiger partial charge < -0.3 is 19.6 Å². The average Bonchev–Trinajstić information content (AvgIpc) is 3.57. The number of rotatable bonds is 4. The van der Waals surface area contributed by atoms with Gasteiger partial charge in [0, 0.05) is 38.5 Å². The molecule has 1 aromatic rings. The van der Waals surface area contributed by atoms with Gasteiger partial charge in [-0.25, -0.2) is 15.1 Å². The maximum atomic E-state index is 13.8. The van der Waals surface area contributed by atoms with Crippen LogP contribution >= 0.6 is 0 Å². The smallest absolute Gasteiger partial charge is 0.410 e. The number of nitrogens with one attached hydrogen (secondary N) is 1. The van der Waals surface area contributed by atoms with E-state index in [0.29, 0.717) is 32.6 Å². The first kappa shape index (κ1) is 24.8. The Morgan fingerprint density at radius 2 is 1.71 bits per heavy atom. The van der Waals surface area contributed by atoms with Gasteiger partial charge in [0.2, 0.25) is 11.8 Å². The van der Waals surface area contributed by atoms with E-state index in [-0.39, 0.29) is 18.9 Å². The molecule has 0 saturated carbocycles. The summed E-state index contributed by atoms with van der Waals surface area (Å²) in [7, 11) is 0. The fraction of sp³-hybridized carbons (Fsp3) is 0.583. The molecule has 3 heterocycles. The van der Waals surface area contributed by atoms with Crippen LogP contribution in [0, 0.1) is 5.92 Å². The van der Waals surface area contributed by atoms with Crippen molar-refractivity contribution in [2.24, 2.45) is 5.92 Å². The number of hydrogen-bond acceptors (Lipinski definition) is 6. The number of hydrogen-bond donors (Lipinski definition) is 3. The molecule has 0 aromatic heterocycles. The van der Waals surface area contributed by atoms with E-state index < -0.39 is 41.6 Å². The van der Waals surface area contributed by atoms with Crippen LogP contribution in [0.25, 0.3) is 0 Å². The summed E-state index contributed by atoms with van der Waals surface area (Å²) in [6, 6.07) is 9.76. The van der Waals surface area contributed by atoms with Gasteiger partial charge in [-0.3, -0.25) is 19.7 Å². The van der Waals surface area contributed by atoms with Gasteiger partial charge in [0.1, 0.15) is 11.6 Å². The van der Waals surface area contributed by atoms with Gasteiger partial charge in [0.15, 0.2) is 0 Å². The first-order valence-corrected chi connectivity index (χ1v) is 12.0. The third-order valence-corrected chi connectivity index (χ3v) is 7.59. The normalized spacial score (nSPS) is 28.6. The summed E-state index contributed by atoms with van der Waals surface area (Å²) in [4.78, 5) is 55.4. The summed E-state index contributed by atoms with van der Waals surface area (Å²) < 4.78 is 5.55. The molecule has 4 atom stereocenters. The van der Waals surface area contributed by atoms with Crippen LogP contribution in [0.1, 0.15) is 44.1 Å². The van der Waals surface area contributed by atoms with E-state index in [4.69, 9.17) is 4.74 Å². The number of carboxylic acid groups (broad SMARTS) is 1. The molecule has 190 valence electrons. The molecule has 3 fully saturated rings. The van der Waals surface area contributed by atoms with Gasteiger partial charge >= 0.3 is 12.2 Å². The monoisotopic (exact) mass is 488 g/mol. The Morgan fingerprint density at radius 1 is 1.03 bits per heavy atom. The van der Waals surface area contributed by atoms with Gasteiger partial charge in [0.25, 0.3) is 0 Å². The second-order valence-electron chi connectivity index (χ2n) is 9.65. The predicted molar refractivity (Wildman–Crippen MR) is 123 cm³/mol. The fourth-order valence-corrected chi connectivity index (χ4v) is 5.59. The zero-order valence-corrected chi connectivity index (χ0v) is 19.8. The van der Waals surface area contributed by atoms with E-state index in [0.717, 1.165) is 23.3 Å². The molecule has 1 aromatic carbocycles. The number of piperidine rings is 1. The zero-order valence-electron chi connectivity index (χ0n) is 19.8. The molecular formula is C24H32N4O7. The van der Waals surface area contributed by atoms with Gasteiger partial charge in [-0.15, -0.1) is 0 Å². The van der Waals surface area contributed by atoms with Crippen LogP contribution in [-0.2, 0) is 14.3 Å². The van der Waals surface area contributed by atoms with Crippen LogP contribution in [0.2, 0.25) is 0 Å². The molecule has 4 rings (SSSR count). The standard InChI is InChI=1S/C24H32N4O7/c1-24(21(30)27-12-9-17(14-27)16-7-3-2-4-8-16)19(20(29)25-34)13-18(15-28(24)22(31)32)35-23(33)26-10-5-6-11-26/h2-4,7-8,17-19,34H,5-6,9-15H2,1H3,(H,25,29)(H,31,32)/t17-,18?,19-,24+/m1/s1. The van der Waals surface area contributed by atoms with E-state index in [9.17, 15) is 29.5 Å². The Morgan fingerprint density at radius 3 is 2.34 bits per heavy atom. The Bertz CT molecular complexity index is 968. The lowest BCUT2D eigenvalue weighted by Crippen LogP contribution is -2.70. The molecular weight excluding hydrogens is 456 g/mol. The molecule has 0 bridgehead atoms. The van der Waals surface area contributed by atoms with Gasteiger partial charge in [-0.2, -0.15) is 0 Å². The Kier molecular flexibility index (Phi) is 7.15. The zero-order chi connectivity index (χ0) is 25.2. The second-order valence-corrected chi connectivity index (χ2v) is 9.65. The molecule has 3 aliphatic heterocycles. The molecule has 3 N–H and O–H groups in total. The number of likely N-dealkylation sites (tertiary alicyclic amines) is 3. The van der Waals surface area contributed by atoms with E-state index in [2.05, 4.69) is 0 Å². The van der Waals surface area contributed by atoms with Gasteiger partial charge in [0.05, 0.1) is 12.5 Å². The van der Waals surface area contributed by atoms with E-state index >= 15 is 0 Å². The topological polar surface area (TPSA) is 140 Å². The number of amides is 4. The average molecular weight is 489 g/mol. The van der Waals surface area contributed by atoms with E-state index in [1.165, 1.54) is 6.92 Å². The van der Waals surface area contributed by atoms with Crippen molar-refractivity contribution < 1.29 is 34.2 Å². The minimum Gasteiger partial charge on any atom is -0.465 e. The third-order valence-electron chi connectivity index (χ3n) is 7.59. The van der Waals surface area contributed by atoms with Crippen LogP contribution in [0.15, 0.2) is 30.3 Å². The van der Waals surface area contributed by atoms with Crippen molar-refractivity contribution in [3.8, 4) is 0 Å². The van der Waals surface area contributed by atoms with E-state index in [1.54, 1.807) is 15.3 Å². The summed E-state index contributed by atoms with van der Waals surface area (Å²) in [6.07, 6.45) is -0.553. The van der Waals surface area contributed by atoms with Crippen LogP contribution in [-0.4, -0.2) is 93.4 Å². The fourth-order valence-electron chi connectivity index (χ4n) is 5.59. The number of benzene rings is 1. The van der Waals surface area contributed by atoms with Gasteiger partial charge in [-0.05, 0) is 31.7 Å². The van der Waals surface area contributed by atoms with Crippen molar-refractivity contribution >= 4 is 24.0 Å². The highest BCUT2D eigenvalue weighted by Gasteiger charge is 2.58. The first-order chi connectivity index (χ1) is 16.8. The van der Waals surface area contributed by atoms with Crippen LogP contribution < -0.4 is 5.48 Å². The molecule has 3 aliphatic rings. The summed E-state index contributed by atoms with van der Waals surface area (Å²) >= 11 is 0. The number of carbonyl (C=O) groups excluding carboxylic acids is 3. The van der Waals surface area contributed by atoms with Crippen LogP contribution in [0.4, 0.5) is 9.59 Å². The number of nitrogens with zero attached hydrogens (tertiary/aromatic N) is 3. The maximum absolute atomic E-state index is 13.8. The lowest BCUT2D eigenvalue weighted by molar-refractivity contribution is -0.161. The summed E-state index contributed by atoms with van der Waals surface area (Å²) in [6.45, 7) is 3.10. The summed E-state index contributed by atoms with van der Waals surface area (Å²) in [5, 5.41) is 19.5. The highest BCUT2D eigenvalue weighted by atomic mass is 16.6. The largest absolute Gasteiger partial charge is 0.465 e. The highest BCUT2D eigenvalue weighted by Crippen LogP contribution is 2.39. The summed E-state index contributed by atoms with van der Waals surface area (Å²) in [5.74, 6) is -2.55. The maximum Gasteiger partial charge on any atom is 0.410 e. The van der Waals surface area contributed by atoms with Gasteiger partial charge in [-0.1, -0.05) is 30.3 Å². The summed E-state index contributed by atoms with van der Waals surface area (Å²) in [5.41, 5.74) is 0.889. The molecule has 0 spiro atoms. The molecule has 11 nitrogen and oxygen atoms in total. The van der Waals surface area contributed by atoms with Crippen molar-refractivity contribution in [1.29, 1.82) is 0 Å². The molecule has 1 unspecified atom stereocenters. The first-order valence-electron chi connectivity index (χ1n) is 12.0. The van der Waals surface area contributed by atoms with Crippen LogP contribution in [0.3, 0.4) is 0 Å². The highest BCUT2D eigenvalue weighted by molar-refractivity contribution is 5.96. The van der Waals surface area contributed by atoms with E-state index in [1.807, 2.05) is 30.3 Å². The molecule has 0 radical (unpaired) electrons. The Balaban J connectivity index is 1.57. The Hall–Kier alpha value is -3.34. The Labute approximate surface area is 203 Å². The molecule has 3 saturated heterocycles. The lowest BCUT2D eigenvalue weighted by Gasteiger charge is -2.49. The second kappa shape index (κ2) is 10.1. The molecule has 11 heteroatoms. The number of ether oxygens (including phenoxy) is 1. The minimum absolute atomic E-state index is 0.0893. The lowest BCUT2D eigenvalue weighted by atomic mass is 9.75. The van der Waals surface area contributed by atoms with Crippen molar-refractivity contribution in [3.05, 3.63) is 35.9 Å². The van der Waals surface area contributed by atoms with Crippen LogP contribution in [0.5, 0.6) is 0 Å². The molecule has 35 heavy (non-hydrogen) atoms. The van der Waals surface area contributed by atoms with Crippen molar-refractivity contribution in [2.45, 2.75) is 50.2 Å². The number of carbonyl (C=O) groups is 4. The predicted octanol–water partition coefficient (Wildman–Crippen LogP) is 1.87. The quantitative estimate of drug-likeness (QED) is 0.434. The molecule has 4 amide bonds. The SMILES string of the molecule is C[C@@]1(C(=O)N2CC[C@@H](c3ccccc3)C2)[C@@H](C(=O)NO)CC(OC(=O)N2CCCC2)CN1C(=O)O. The van der Waals surface area contributed by atoms with Crippen molar-refractivity contribution in [1.82, 2.24) is 20.2 Å². The van der Waals surface area contributed by atoms with Crippen molar-refractivity contribution in [2.75, 3.05) is 32.7 Å². The minimum atomic E-state index is -1.78. The molecule has 0 aliphatic carbocycles. The third kappa shape index (κ3) is 4.77. The number of hydroxylamine groups is 1. The van der Waals surface area contributed by atoms with Crippen molar-refractivity contribution in [3.63, 3.8) is 0 Å².